The van der Waals surface area contributed by atoms with Crippen LogP contribution in [0, 0.1) is 0 Å². The third-order valence-corrected chi connectivity index (χ3v) is 6.25. The van der Waals surface area contributed by atoms with Crippen LogP contribution in [0.2, 0.25) is 0 Å². The van der Waals surface area contributed by atoms with Gasteiger partial charge in [-0.15, -0.1) is 0 Å². The molecule has 1 aliphatic carbocycles. The number of hydrogen-bond donors (Lipinski definition) is 2. The lowest BCUT2D eigenvalue weighted by Crippen LogP contribution is -2.53. The van der Waals surface area contributed by atoms with Gasteiger partial charge in [0, 0.05) is 18.7 Å². The van der Waals surface area contributed by atoms with Crippen molar-refractivity contribution in [1.82, 2.24) is 14.7 Å². The number of amides is 2. The van der Waals surface area contributed by atoms with Gasteiger partial charge in [0.2, 0.25) is 5.91 Å². The summed E-state index contributed by atoms with van der Waals surface area (Å²) in [6.45, 7) is 0.455. The first kappa shape index (κ1) is 22.6. The Morgan fingerprint density at radius 1 is 1.09 bits per heavy atom. The van der Waals surface area contributed by atoms with Crippen LogP contribution in [0.25, 0.3) is 11.1 Å². The van der Waals surface area contributed by atoms with E-state index in [1.165, 1.54) is 22.0 Å². The summed E-state index contributed by atoms with van der Waals surface area (Å²) >= 11 is 0. The van der Waals surface area contributed by atoms with E-state index in [0.717, 1.165) is 22.3 Å². The highest BCUT2D eigenvalue weighted by Crippen LogP contribution is 2.44. The number of nitrogens with zero attached hydrogens (tertiary/aromatic N) is 3. The minimum absolute atomic E-state index is 0.0469. The number of aliphatic carboxylic acids is 1. The molecule has 2 N–H and O–H groups in total. The normalized spacial score (nSPS) is 16.9. The van der Waals surface area contributed by atoms with Gasteiger partial charge in [-0.2, -0.15) is 5.10 Å². The van der Waals surface area contributed by atoms with E-state index in [1.54, 1.807) is 0 Å². The van der Waals surface area contributed by atoms with Crippen LogP contribution in [0.1, 0.15) is 17.0 Å². The van der Waals surface area contributed by atoms with Crippen LogP contribution in [0.15, 0.2) is 60.9 Å². The number of hydrogen-bond acceptors (Lipinski definition) is 6. The molecule has 0 radical (unpaired) electrons. The van der Waals surface area contributed by atoms with Gasteiger partial charge in [0.05, 0.1) is 25.1 Å². The Balaban J connectivity index is 1.18. The highest BCUT2D eigenvalue weighted by Gasteiger charge is 2.33. The SMILES string of the molecule is O=C(Nc1cnn(CC(=O)N2CCOCC2C(=O)O)c1)OCC1c2ccccc2-c2ccccc21. The highest BCUT2D eigenvalue weighted by molar-refractivity contribution is 5.85. The monoisotopic (exact) mass is 476 g/mol. The maximum absolute atomic E-state index is 12.6. The van der Waals surface area contributed by atoms with Gasteiger partial charge in [0.15, 0.2) is 6.04 Å². The van der Waals surface area contributed by atoms with Crippen molar-refractivity contribution in [3.05, 3.63) is 72.1 Å². The average Bonchev–Trinajstić information content (AvgIpc) is 3.44. The van der Waals surface area contributed by atoms with Crippen molar-refractivity contribution in [2.24, 2.45) is 0 Å². The van der Waals surface area contributed by atoms with E-state index in [-0.39, 0.29) is 38.8 Å². The molecule has 1 fully saturated rings. The van der Waals surface area contributed by atoms with Crippen LogP contribution in [0.3, 0.4) is 0 Å². The molecule has 2 aliphatic rings. The fourth-order valence-corrected chi connectivity index (χ4v) is 4.60. The Kier molecular flexibility index (Phi) is 6.19. The molecular formula is C25H24N4O6. The first-order chi connectivity index (χ1) is 17.0. The number of benzene rings is 2. The number of carbonyl (C=O) groups excluding carboxylic acids is 2. The smallest absolute Gasteiger partial charge is 0.411 e. The van der Waals surface area contributed by atoms with Crippen molar-refractivity contribution in [3.63, 3.8) is 0 Å². The zero-order valence-corrected chi connectivity index (χ0v) is 18.8. The molecule has 1 aliphatic heterocycles. The second-order valence-corrected chi connectivity index (χ2v) is 8.39. The molecular weight excluding hydrogens is 452 g/mol. The molecule has 10 nitrogen and oxygen atoms in total. The van der Waals surface area contributed by atoms with E-state index in [0.29, 0.717) is 5.69 Å². The van der Waals surface area contributed by atoms with Gasteiger partial charge >= 0.3 is 12.1 Å². The summed E-state index contributed by atoms with van der Waals surface area (Å²) in [7, 11) is 0. The number of fused-ring (bicyclic) bond motifs is 3. The van der Waals surface area contributed by atoms with Crippen molar-refractivity contribution in [2.75, 3.05) is 31.7 Å². The maximum Gasteiger partial charge on any atom is 0.411 e. The van der Waals surface area contributed by atoms with E-state index < -0.39 is 24.0 Å². The molecule has 2 aromatic carbocycles. The van der Waals surface area contributed by atoms with Gasteiger partial charge in [0.25, 0.3) is 0 Å². The summed E-state index contributed by atoms with van der Waals surface area (Å²) in [5, 5.41) is 16.0. The molecule has 35 heavy (non-hydrogen) atoms. The van der Waals surface area contributed by atoms with Crippen LogP contribution in [0.4, 0.5) is 10.5 Å². The number of anilines is 1. The molecule has 2 heterocycles. The zero-order valence-electron chi connectivity index (χ0n) is 18.8. The summed E-state index contributed by atoms with van der Waals surface area (Å²) in [4.78, 5) is 37.7. The number of nitrogens with one attached hydrogen (secondary N) is 1. The Morgan fingerprint density at radius 2 is 1.77 bits per heavy atom. The predicted molar refractivity (Wildman–Crippen MR) is 125 cm³/mol. The molecule has 5 rings (SSSR count). The fraction of sp³-hybridized carbons (Fsp3) is 0.280. The van der Waals surface area contributed by atoms with Gasteiger partial charge in [-0.3, -0.25) is 14.8 Å². The Bertz CT molecular complexity index is 1230. The number of carboxylic acids is 1. The van der Waals surface area contributed by atoms with Crippen molar-refractivity contribution in [3.8, 4) is 11.1 Å². The number of ether oxygens (including phenoxy) is 2. The van der Waals surface area contributed by atoms with E-state index >= 15 is 0 Å². The molecule has 1 atom stereocenters. The molecule has 180 valence electrons. The molecule has 10 heteroatoms. The standard InChI is InChI=1S/C25H24N4O6/c30-23(29-9-10-34-15-22(29)24(31)32)13-28-12-16(11-26-28)27-25(33)35-14-21-19-7-3-1-5-17(19)18-6-2-4-8-20(18)21/h1-8,11-12,21-22H,9-10,13-15H2,(H,27,33)(H,31,32). The zero-order chi connectivity index (χ0) is 24.4. The minimum atomic E-state index is -1.11. The van der Waals surface area contributed by atoms with Crippen LogP contribution < -0.4 is 5.32 Å². The van der Waals surface area contributed by atoms with Crippen molar-refractivity contribution >= 4 is 23.7 Å². The lowest BCUT2D eigenvalue weighted by Gasteiger charge is -2.32. The molecule has 2 amide bonds. The van der Waals surface area contributed by atoms with Gasteiger partial charge in [-0.05, 0) is 22.3 Å². The summed E-state index contributed by atoms with van der Waals surface area (Å²) < 4.78 is 12.0. The lowest BCUT2D eigenvalue weighted by atomic mass is 9.98. The molecule has 0 spiro atoms. The number of carboxylic acid groups (broad SMARTS) is 1. The van der Waals surface area contributed by atoms with E-state index in [2.05, 4.69) is 22.5 Å². The second kappa shape index (κ2) is 9.59. The average molecular weight is 476 g/mol. The number of morpholine rings is 1. The van der Waals surface area contributed by atoms with Gasteiger partial charge in [0.1, 0.15) is 13.2 Å². The third kappa shape index (κ3) is 4.60. The topological polar surface area (TPSA) is 123 Å². The third-order valence-electron chi connectivity index (χ3n) is 6.25. The highest BCUT2D eigenvalue weighted by atomic mass is 16.5. The van der Waals surface area contributed by atoms with Crippen molar-refractivity contribution in [2.45, 2.75) is 18.5 Å². The van der Waals surface area contributed by atoms with E-state index in [1.807, 2.05) is 36.4 Å². The van der Waals surface area contributed by atoms with Crippen LogP contribution >= 0.6 is 0 Å². The summed E-state index contributed by atoms with van der Waals surface area (Å²) in [5.41, 5.74) is 4.90. The molecule has 3 aromatic rings. The maximum atomic E-state index is 12.6. The van der Waals surface area contributed by atoms with Crippen LogP contribution in [-0.4, -0.2) is 70.2 Å². The van der Waals surface area contributed by atoms with Crippen LogP contribution in [-0.2, 0) is 25.6 Å². The van der Waals surface area contributed by atoms with Crippen LogP contribution in [0.5, 0.6) is 0 Å². The van der Waals surface area contributed by atoms with E-state index in [4.69, 9.17) is 9.47 Å². The largest absolute Gasteiger partial charge is 0.480 e. The summed E-state index contributed by atoms with van der Waals surface area (Å²) in [5.74, 6) is -1.56. The quantitative estimate of drug-likeness (QED) is 0.561. The number of aromatic nitrogens is 2. The first-order valence-electron chi connectivity index (χ1n) is 11.3. The van der Waals surface area contributed by atoms with Gasteiger partial charge in [-0.25, -0.2) is 9.59 Å². The minimum Gasteiger partial charge on any atom is -0.480 e. The van der Waals surface area contributed by atoms with E-state index in [9.17, 15) is 19.5 Å². The lowest BCUT2D eigenvalue weighted by molar-refractivity contribution is -0.158. The Morgan fingerprint density at radius 3 is 2.46 bits per heavy atom. The fourth-order valence-electron chi connectivity index (χ4n) is 4.60. The molecule has 1 unspecified atom stereocenters. The molecule has 1 aromatic heterocycles. The Hall–Kier alpha value is -4.18. The second-order valence-electron chi connectivity index (χ2n) is 8.39. The molecule has 0 saturated carbocycles. The number of rotatable bonds is 6. The Labute approximate surface area is 201 Å². The van der Waals surface area contributed by atoms with Crippen molar-refractivity contribution < 1.29 is 29.0 Å². The van der Waals surface area contributed by atoms with Gasteiger partial charge < -0.3 is 19.5 Å². The first-order valence-corrected chi connectivity index (χ1v) is 11.3. The molecule has 1 saturated heterocycles. The predicted octanol–water partition coefficient (Wildman–Crippen LogP) is 2.56. The molecule has 0 bridgehead atoms. The number of carbonyl (C=O) groups is 3. The van der Waals surface area contributed by atoms with Gasteiger partial charge in [-0.1, -0.05) is 48.5 Å². The van der Waals surface area contributed by atoms with Crippen molar-refractivity contribution in [1.29, 1.82) is 0 Å². The summed E-state index contributed by atoms with van der Waals surface area (Å²) in [6.07, 6.45) is 2.27. The summed E-state index contributed by atoms with van der Waals surface area (Å²) in [6, 6.07) is 15.1.